The van der Waals surface area contributed by atoms with Crippen molar-refractivity contribution >= 4 is 23.0 Å². The molecule has 2 aromatic heterocycles. The van der Waals surface area contributed by atoms with Crippen LogP contribution in [0.2, 0.25) is 0 Å². The van der Waals surface area contributed by atoms with Crippen molar-refractivity contribution in [3.05, 3.63) is 39.6 Å². The number of thiophene rings is 1. The zero-order valence-corrected chi connectivity index (χ0v) is 15.3. The second-order valence-electron chi connectivity index (χ2n) is 7.07. The molecule has 0 aromatic carbocycles. The number of aromatic nitrogens is 2. The van der Waals surface area contributed by atoms with Crippen molar-refractivity contribution in [1.29, 1.82) is 0 Å². The average Bonchev–Trinajstić information content (AvgIpc) is 3.27. The number of imidazole rings is 1. The SMILES string of the molecule is Cn1ccnc1C(=O)[C@@H]1CCCN(C(=O)c2csc3c2CCCC3)C1. The maximum absolute atomic E-state index is 13.1. The van der Waals surface area contributed by atoms with Gasteiger partial charge >= 0.3 is 0 Å². The highest BCUT2D eigenvalue weighted by Gasteiger charge is 2.32. The molecule has 0 radical (unpaired) electrons. The Morgan fingerprint density at radius 3 is 2.88 bits per heavy atom. The zero-order valence-electron chi connectivity index (χ0n) is 14.5. The maximum atomic E-state index is 13.1. The summed E-state index contributed by atoms with van der Waals surface area (Å²) in [6.45, 7) is 1.25. The molecular weight excluding hydrogens is 334 g/mol. The molecule has 0 saturated carbocycles. The highest BCUT2D eigenvalue weighted by Crippen LogP contribution is 2.32. The monoisotopic (exact) mass is 357 g/mol. The summed E-state index contributed by atoms with van der Waals surface area (Å²) in [5.41, 5.74) is 2.14. The summed E-state index contributed by atoms with van der Waals surface area (Å²) in [5.74, 6) is 0.509. The van der Waals surface area contributed by atoms with Gasteiger partial charge in [0.05, 0.1) is 5.56 Å². The normalized spacial score (nSPS) is 20.4. The van der Waals surface area contributed by atoms with E-state index in [0.29, 0.717) is 12.4 Å². The van der Waals surface area contributed by atoms with Gasteiger partial charge < -0.3 is 9.47 Å². The first-order chi connectivity index (χ1) is 12.1. The summed E-state index contributed by atoms with van der Waals surface area (Å²) in [7, 11) is 1.84. The molecule has 0 N–H and O–H groups in total. The Balaban J connectivity index is 1.51. The predicted octanol–water partition coefficient (Wildman–Crippen LogP) is 3.10. The van der Waals surface area contributed by atoms with E-state index in [1.165, 1.54) is 23.3 Å². The van der Waals surface area contributed by atoms with Gasteiger partial charge in [-0.15, -0.1) is 11.3 Å². The Morgan fingerprint density at radius 1 is 1.24 bits per heavy atom. The van der Waals surface area contributed by atoms with Gasteiger partial charge in [0.15, 0.2) is 5.82 Å². The van der Waals surface area contributed by atoms with Gasteiger partial charge in [-0.1, -0.05) is 0 Å². The van der Waals surface area contributed by atoms with Crippen molar-refractivity contribution in [2.45, 2.75) is 38.5 Å². The van der Waals surface area contributed by atoms with Gasteiger partial charge in [-0.2, -0.15) is 0 Å². The number of hydrogen-bond acceptors (Lipinski definition) is 4. The Labute approximate surface area is 151 Å². The fourth-order valence-electron chi connectivity index (χ4n) is 4.00. The summed E-state index contributed by atoms with van der Waals surface area (Å²) >= 11 is 1.72. The van der Waals surface area contributed by atoms with Crippen LogP contribution in [0, 0.1) is 5.92 Å². The fraction of sp³-hybridized carbons (Fsp3) is 0.526. The predicted molar refractivity (Wildman–Crippen MR) is 97.1 cm³/mol. The van der Waals surface area contributed by atoms with Gasteiger partial charge in [0.25, 0.3) is 5.91 Å². The molecule has 1 aliphatic carbocycles. The molecule has 3 heterocycles. The number of likely N-dealkylation sites (tertiary alicyclic amines) is 1. The lowest BCUT2D eigenvalue weighted by Gasteiger charge is -2.32. The number of rotatable bonds is 3. The number of fused-ring (bicyclic) bond motifs is 1. The summed E-state index contributed by atoms with van der Waals surface area (Å²) in [6, 6.07) is 0. The highest BCUT2D eigenvalue weighted by molar-refractivity contribution is 7.10. The molecule has 6 heteroatoms. The zero-order chi connectivity index (χ0) is 17.4. The number of piperidine rings is 1. The van der Waals surface area contributed by atoms with Crippen LogP contribution in [0.3, 0.4) is 0 Å². The molecule has 0 spiro atoms. The van der Waals surface area contributed by atoms with Gasteiger partial charge in [-0.25, -0.2) is 4.98 Å². The van der Waals surface area contributed by atoms with E-state index in [4.69, 9.17) is 0 Å². The first-order valence-electron chi connectivity index (χ1n) is 9.05. The van der Waals surface area contributed by atoms with Crippen LogP contribution >= 0.6 is 11.3 Å². The van der Waals surface area contributed by atoms with Crippen LogP contribution in [0.1, 0.15) is 57.1 Å². The van der Waals surface area contributed by atoms with E-state index in [1.807, 2.05) is 17.3 Å². The van der Waals surface area contributed by atoms with E-state index in [0.717, 1.165) is 37.8 Å². The lowest BCUT2D eigenvalue weighted by atomic mass is 9.91. The van der Waals surface area contributed by atoms with Crippen molar-refractivity contribution in [2.75, 3.05) is 13.1 Å². The molecule has 4 rings (SSSR count). The molecule has 1 atom stereocenters. The number of Topliss-reactive ketones (excluding diaryl/α,β-unsaturated/α-hetero) is 1. The quantitative estimate of drug-likeness (QED) is 0.793. The van der Waals surface area contributed by atoms with E-state index < -0.39 is 0 Å². The van der Waals surface area contributed by atoms with Crippen molar-refractivity contribution in [3.8, 4) is 0 Å². The Bertz CT molecular complexity index is 807. The fourth-order valence-corrected chi connectivity index (χ4v) is 5.12. The maximum Gasteiger partial charge on any atom is 0.255 e. The number of amides is 1. The molecular formula is C19H23N3O2S. The number of carbonyl (C=O) groups is 2. The molecule has 2 aromatic rings. The lowest BCUT2D eigenvalue weighted by Crippen LogP contribution is -2.43. The van der Waals surface area contributed by atoms with Gasteiger partial charge in [-0.3, -0.25) is 9.59 Å². The van der Waals surface area contributed by atoms with Crippen LogP contribution in [0.5, 0.6) is 0 Å². The Hall–Kier alpha value is -1.95. The third kappa shape index (κ3) is 3.03. The van der Waals surface area contributed by atoms with E-state index in [2.05, 4.69) is 4.98 Å². The van der Waals surface area contributed by atoms with Crippen LogP contribution in [0.25, 0.3) is 0 Å². The van der Waals surface area contributed by atoms with Crippen molar-refractivity contribution < 1.29 is 9.59 Å². The number of aryl methyl sites for hydroxylation is 2. The summed E-state index contributed by atoms with van der Waals surface area (Å²) in [6.07, 6.45) is 9.66. The third-order valence-corrected chi connectivity index (χ3v) is 6.50. The standard InChI is InChI=1S/C19H23N3O2S/c1-21-10-8-20-18(21)17(23)13-5-4-9-22(11-13)19(24)15-12-25-16-7-3-2-6-14(15)16/h8,10,12-13H,2-7,9,11H2,1H3/t13-/m1/s1. The average molecular weight is 357 g/mol. The van der Waals surface area contributed by atoms with Crippen LogP contribution in [0.15, 0.2) is 17.8 Å². The van der Waals surface area contributed by atoms with Gasteiger partial charge in [0.1, 0.15) is 0 Å². The first-order valence-corrected chi connectivity index (χ1v) is 9.93. The smallest absolute Gasteiger partial charge is 0.255 e. The summed E-state index contributed by atoms with van der Waals surface area (Å²) in [5, 5.41) is 2.03. The molecule has 0 bridgehead atoms. The van der Waals surface area contributed by atoms with Crippen molar-refractivity contribution in [3.63, 3.8) is 0 Å². The number of ketones is 1. The van der Waals surface area contributed by atoms with Crippen molar-refractivity contribution in [1.82, 2.24) is 14.5 Å². The van der Waals surface area contributed by atoms with Crippen LogP contribution < -0.4 is 0 Å². The number of hydrogen-bond donors (Lipinski definition) is 0. The van der Waals surface area contributed by atoms with Gasteiger partial charge in [0, 0.05) is 48.7 Å². The van der Waals surface area contributed by atoms with E-state index >= 15 is 0 Å². The molecule has 0 unspecified atom stereocenters. The van der Waals surface area contributed by atoms with Crippen molar-refractivity contribution in [2.24, 2.45) is 13.0 Å². The molecule has 25 heavy (non-hydrogen) atoms. The minimum absolute atomic E-state index is 0.0531. The largest absolute Gasteiger partial charge is 0.338 e. The van der Waals surface area contributed by atoms with Gasteiger partial charge in [-0.05, 0) is 44.1 Å². The topological polar surface area (TPSA) is 55.2 Å². The summed E-state index contributed by atoms with van der Waals surface area (Å²) < 4.78 is 1.76. The lowest BCUT2D eigenvalue weighted by molar-refractivity contribution is 0.0632. The Kier molecular flexibility index (Phi) is 4.46. The van der Waals surface area contributed by atoms with Crippen LogP contribution in [0.4, 0.5) is 0 Å². The summed E-state index contributed by atoms with van der Waals surface area (Å²) in [4.78, 5) is 33.2. The van der Waals surface area contributed by atoms with Crippen LogP contribution in [-0.4, -0.2) is 39.2 Å². The minimum Gasteiger partial charge on any atom is -0.338 e. The number of nitrogens with zero attached hydrogens (tertiary/aromatic N) is 3. The molecule has 1 aliphatic heterocycles. The highest BCUT2D eigenvalue weighted by atomic mass is 32.1. The second-order valence-corrected chi connectivity index (χ2v) is 8.04. The second kappa shape index (κ2) is 6.75. The molecule has 1 saturated heterocycles. The molecule has 1 fully saturated rings. The molecule has 2 aliphatic rings. The molecule has 5 nitrogen and oxygen atoms in total. The van der Waals surface area contributed by atoms with E-state index in [-0.39, 0.29) is 17.6 Å². The van der Waals surface area contributed by atoms with E-state index in [1.54, 1.807) is 28.3 Å². The van der Waals surface area contributed by atoms with Crippen LogP contribution in [-0.2, 0) is 19.9 Å². The molecule has 1 amide bonds. The van der Waals surface area contributed by atoms with Gasteiger partial charge in [0.2, 0.25) is 5.78 Å². The molecule has 132 valence electrons. The third-order valence-electron chi connectivity index (χ3n) is 5.41. The Morgan fingerprint density at radius 2 is 2.08 bits per heavy atom. The van der Waals surface area contributed by atoms with E-state index in [9.17, 15) is 9.59 Å². The minimum atomic E-state index is -0.145. The number of carbonyl (C=O) groups excluding carboxylic acids is 2. The first kappa shape index (κ1) is 16.5.